The highest BCUT2D eigenvalue weighted by molar-refractivity contribution is 6.22. The van der Waals surface area contributed by atoms with Crippen LogP contribution in [-0.4, -0.2) is 23.4 Å². The summed E-state index contributed by atoms with van der Waals surface area (Å²) in [6.07, 6.45) is -2.50. The minimum Gasteiger partial charge on any atom is -0.462 e. The van der Waals surface area contributed by atoms with Crippen molar-refractivity contribution in [3.63, 3.8) is 0 Å². The zero-order valence-electron chi connectivity index (χ0n) is 8.70. The van der Waals surface area contributed by atoms with Gasteiger partial charge in [0.2, 0.25) is 0 Å². The zero-order chi connectivity index (χ0) is 12.8. The molecule has 94 valence electrons. The first-order valence-electron chi connectivity index (χ1n) is 4.61. The lowest BCUT2D eigenvalue weighted by molar-refractivity contribution is -0.178. The second kappa shape index (κ2) is 3.75. The number of carbonyl (C=O) groups is 1. The fraction of sp³-hybridized carbons (Fsp3) is 0.889. The van der Waals surface area contributed by atoms with E-state index < -0.39 is 35.2 Å². The minimum atomic E-state index is -4.63. The third-order valence-corrected chi connectivity index (χ3v) is 2.74. The van der Waals surface area contributed by atoms with E-state index in [1.807, 2.05) is 0 Å². The van der Waals surface area contributed by atoms with Crippen LogP contribution in [0.25, 0.3) is 0 Å². The highest BCUT2D eigenvalue weighted by Gasteiger charge is 2.58. The highest BCUT2D eigenvalue weighted by atomic mass is 35.5. The van der Waals surface area contributed by atoms with Crippen molar-refractivity contribution in [2.75, 3.05) is 0 Å². The molecule has 1 saturated heterocycles. The van der Waals surface area contributed by atoms with Gasteiger partial charge in [0, 0.05) is 6.42 Å². The van der Waals surface area contributed by atoms with Gasteiger partial charge in [0.15, 0.2) is 0 Å². The molecule has 16 heavy (non-hydrogen) atoms. The molecule has 2 nitrogen and oxygen atoms in total. The molecule has 0 aliphatic carbocycles. The molecular formula is C9H11ClF4O2. The van der Waals surface area contributed by atoms with E-state index in [9.17, 15) is 22.4 Å². The van der Waals surface area contributed by atoms with E-state index in [0.717, 1.165) is 0 Å². The molecule has 1 aliphatic rings. The first kappa shape index (κ1) is 13.5. The van der Waals surface area contributed by atoms with E-state index in [2.05, 4.69) is 16.3 Å². The molecule has 1 atom stereocenters. The monoisotopic (exact) mass is 262 g/mol. The molecular weight excluding hydrogens is 252 g/mol. The number of ether oxygens (including phenoxy) is 1. The Hall–Kier alpha value is -0.520. The number of alkyl halides is 5. The summed E-state index contributed by atoms with van der Waals surface area (Å²) < 4.78 is 55.0. The van der Waals surface area contributed by atoms with E-state index in [1.54, 1.807) is 0 Å². The van der Waals surface area contributed by atoms with Crippen LogP contribution in [0.2, 0.25) is 0 Å². The Morgan fingerprint density at radius 1 is 1.44 bits per heavy atom. The number of hydrogen-bond acceptors (Lipinski definition) is 2. The van der Waals surface area contributed by atoms with Crippen LogP contribution < -0.4 is 0 Å². The predicted octanol–water partition coefficient (Wildman–Crippen LogP) is 3.19. The molecule has 7 heteroatoms. The van der Waals surface area contributed by atoms with E-state index in [1.165, 1.54) is 13.8 Å². The molecule has 0 N–H and O–H groups in total. The molecule has 0 aromatic carbocycles. The Bertz CT molecular complexity index is 298. The van der Waals surface area contributed by atoms with Crippen LogP contribution in [0.5, 0.6) is 0 Å². The van der Waals surface area contributed by atoms with Gasteiger partial charge in [-0.2, -0.15) is 17.6 Å². The van der Waals surface area contributed by atoms with Crippen LogP contribution in [-0.2, 0) is 9.53 Å². The summed E-state index contributed by atoms with van der Waals surface area (Å²) in [5, 5.41) is -4.63. The van der Waals surface area contributed by atoms with Gasteiger partial charge in [-0.25, -0.2) is 0 Å². The fourth-order valence-corrected chi connectivity index (χ4v) is 1.60. The molecule has 0 aromatic rings. The third kappa shape index (κ3) is 2.59. The fourth-order valence-electron chi connectivity index (χ4n) is 1.52. The van der Waals surface area contributed by atoms with Crippen molar-refractivity contribution >= 4 is 17.6 Å². The molecule has 1 aliphatic heterocycles. The summed E-state index contributed by atoms with van der Waals surface area (Å²) in [6, 6.07) is 0. The Morgan fingerprint density at radius 3 is 2.25 bits per heavy atom. The number of cyclic esters (lactones) is 1. The number of hydrogen-bond donors (Lipinski definition) is 0. The Morgan fingerprint density at radius 2 is 1.94 bits per heavy atom. The van der Waals surface area contributed by atoms with E-state index in [0.29, 0.717) is 0 Å². The molecule has 1 fully saturated rings. The lowest BCUT2D eigenvalue weighted by atomic mass is 9.88. The number of esters is 1. The van der Waals surface area contributed by atoms with Crippen molar-refractivity contribution in [3.05, 3.63) is 0 Å². The van der Waals surface area contributed by atoms with Crippen molar-refractivity contribution < 1.29 is 27.1 Å². The minimum absolute atomic E-state index is 0.0195. The van der Waals surface area contributed by atoms with Gasteiger partial charge >= 0.3 is 17.3 Å². The standard InChI is InChI=1S/C9H11ClF4O2/c1-7(2)3-5(16-6(7)15)4-8(11,12)9(10,13)14/h5H,3-4H2,1-2H3. The lowest BCUT2D eigenvalue weighted by Crippen LogP contribution is -2.38. The maximum atomic E-state index is 12.9. The summed E-state index contributed by atoms with van der Waals surface area (Å²) in [7, 11) is 0. The smallest absolute Gasteiger partial charge is 0.384 e. The highest BCUT2D eigenvalue weighted by Crippen LogP contribution is 2.44. The first-order valence-corrected chi connectivity index (χ1v) is 4.99. The summed E-state index contributed by atoms with van der Waals surface area (Å²) in [5.74, 6) is -5.05. The van der Waals surface area contributed by atoms with E-state index in [4.69, 9.17) is 0 Å². The van der Waals surface area contributed by atoms with Crippen molar-refractivity contribution in [2.45, 2.75) is 44.1 Å². The number of halogens is 5. The van der Waals surface area contributed by atoms with Gasteiger partial charge in [-0.05, 0) is 25.4 Å². The summed E-state index contributed by atoms with van der Waals surface area (Å²) in [6.45, 7) is 3.01. The van der Waals surface area contributed by atoms with Crippen LogP contribution in [0, 0.1) is 5.41 Å². The molecule has 0 saturated carbocycles. The molecule has 0 aromatic heterocycles. The first-order chi connectivity index (χ1) is 6.96. The van der Waals surface area contributed by atoms with Gasteiger partial charge in [0.25, 0.3) is 0 Å². The Balaban J connectivity index is 2.68. The maximum absolute atomic E-state index is 12.9. The second-order valence-electron chi connectivity index (χ2n) is 4.52. The van der Waals surface area contributed by atoms with Gasteiger partial charge in [-0.3, -0.25) is 4.79 Å². The van der Waals surface area contributed by atoms with Crippen LogP contribution in [0.3, 0.4) is 0 Å². The van der Waals surface area contributed by atoms with Gasteiger partial charge in [-0.1, -0.05) is 0 Å². The summed E-state index contributed by atoms with van der Waals surface area (Å²) in [4.78, 5) is 11.2. The molecule has 1 unspecified atom stereocenters. The van der Waals surface area contributed by atoms with Crippen molar-refractivity contribution in [1.29, 1.82) is 0 Å². The number of rotatable bonds is 3. The van der Waals surface area contributed by atoms with Gasteiger partial charge < -0.3 is 4.74 Å². The SMILES string of the molecule is CC1(C)CC(CC(F)(F)C(F)(F)Cl)OC1=O. The molecule has 1 heterocycles. The van der Waals surface area contributed by atoms with E-state index in [-0.39, 0.29) is 6.42 Å². The van der Waals surface area contributed by atoms with Crippen molar-refractivity contribution in [2.24, 2.45) is 5.41 Å². The molecule has 0 bridgehead atoms. The molecule has 0 radical (unpaired) electrons. The normalized spacial score (nSPS) is 25.7. The topological polar surface area (TPSA) is 26.3 Å². The van der Waals surface area contributed by atoms with Gasteiger partial charge in [0.1, 0.15) is 6.10 Å². The number of carbonyl (C=O) groups excluding carboxylic acids is 1. The third-order valence-electron chi connectivity index (χ3n) is 2.46. The Kier molecular flexibility index (Phi) is 3.18. The zero-order valence-corrected chi connectivity index (χ0v) is 9.45. The van der Waals surface area contributed by atoms with Gasteiger partial charge in [0.05, 0.1) is 11.8 Å². The average Bonchev–Trinajstić information content (AvgIpc) is 2.21. The van der Waals surface area contributed by atoms with Gasteiger partial charge in [-0.15, -0.1) is 0 Å². The quantitative estimate of drug-likeness (QED) is 0.444. The molecule has 1 rings (SSSR count). The molecule has 0 amide bonds. The lowest BCUT2D eigenvalue weighted by Gasteiger charge is -2.23. The molecule has 0 spiro atoms. The van der Waals surface area contributed by atoms with E-state index >= 15 is 0 Å². The van der Waals surface area contributed by atoms with Crippen molar-refractivity contribution in [1.82, 2.24) is 0 Å². The second-order valence-corrected chi connectivity index (χ2v) is 5.00. The summed E-state index contributed by atoms with van der Waals surface area (Å²) in [5.41, 5.74) is -0.914. The average molecular weight is 263 g/mol. The summed E-state index contributed by atoms with van der Waals surface area (Å²) >= 11 is 4.29. The maximum Gasteiger partial charge on any atom is 0.384 e. The predicted molar refractivity (Wildman–Crippen MR) is 48.6 cm³/mol. The van der Waals surface area contributed by atoms with Crippen LogP contribution >= 0.6 is 11.6 Å². The largest absolute Gasteiger partial charge is 0.462 e. The van der Waals surface area contributed by atoms with Crippen LogP contribution in [0.4, 0.5) is 17.6 Å². The van der Waals surface area contributed by atoms with Crippen LogP contribution in [0.15, 0.2) is 0 Å². The Labute approximate surface area is 94.9 Å². The van der Waals surface area contributed by atoms with Crippen molar-refractivity contribution in [3.8, 4) is 0 Å². The van der Waals surface area contributed by atoms with Crippen LogP contribution in [0.1, 0.15) is 26.7 Å².